The zero-order valence-corrected chi connectivity index (χ0v) is 12.3. The largest absolute Gasteiger partial charge is 0.481 e. The molecule has 0 atom stereocenters. The van der Waals surface area contributed by atoms with E-state index in [1.165, 1.54) is 24.3 Å². The van der Waals surface area contributed by atoms with Gasteiger partial charge in [-0.15, -0.1) is 0 Å². The summed E-state index contributed by atoms with van der Waals surface area (Å²) in [4.78, 5) is 34.6. The summed E-state index contributed by atoms with van der Waals surface area (Å²) in [5, 5.41) is 12.2. The molecule has 4 N–H and O–H groups in total. The van der Waals surface area contributed by atoms with Crippen LogP contribution >= 0.6 is 0 Å². The monoisotopic (exact) mass is 304 g/mol. The molecule has 2 rings (SSSR count). The number of carboxylic acid groups (broad SMARTS) is 1. The molecular formula is C16H20N2O4. The second kappa shape index (κ2) is 6.60. The summed E-state index contributed by atoms with van der Waals surface area (Å²) in [6.07, 6.45) is 3.95. The van der Waals surface area contributed by atoms with Crippen molar-refractivity contribution < 1.29 is 19.5 Å². The molecule has 0 bridgehead atoms. The second-order valence-corrected chi connectivity index (χ2v) is 5.77. The van der Waals surface area contributed by atoms with Crippen molar-refractivity contribution in [2.24, 2.45) is 11.1 Å². The second-order valence-electron chi connectivity index (χ2n) is 5.77. The Morgan fingerprint density at radius 2 is 1.59 bits per heavy atom. The van der Waals surface area contributed by atoms with Crippen LogP contribution < -0.4 is 11.1 Å². The van der Waals surface area contributed by atoms with Crippen molar-refractivity contribution in [1.29, 1.82) is 0 Å². The SMILES string of the molecule is NC(=O)c1ccc(C(=O)NCC2(C(=O)O)CCCCC2)cc1. The van der Waals surface area contributed by atoms with E-state index in [9.17, 15) is 19.5 Å². The molecule has 0 radical (unpaired) electrons. The lowest BCUT2D eigenvalue weighted by atomic mass is 9.74. The van der Waals surface area contributed by atoms with E-state index in [-0.39, 0.29) is 12.5 Å². The number of carbonyl (C=O) groups excluding carboxylic acids is 2. The molecule has 1 aliphatic rings. The average molecular weight is 304 g/mol. The summed E-state index contributed by atoms with van der Waals surface area (Å²) in [5.41, 5.74) is 4.98. The lowest BCUT2D eigenvalue weighted by Gasteiger charge is -2.33. The van der Waals surface area contributed by atoms with Crippen molar-refractivity contribution in [3.05, 3.63) is 35.4 Å². The number of primary amides is 1. The maximum Gasteiger partial charge on any atom is 0.311 e. The minimum atomic E-state index is -0.860. The van der Waals surface area contributed by atoms with Gasteiger partial charge in [0.25, 0.3) is 5.91 Å². The fourth-order valence-corrected chi connectivity index (χ4v) is 2.83. The van der Waals surface area contributed by atoms with Crippen LogP contribution in [0.15, 0.2) is 24.3 Å². The Labute approximate surface area is 128 Å². The van der Waals surface area contributed by atoms with Crippen molar-refractivity contribution in [3.8, 4) is 0 Å². The molecule has 1 fully saturated rings. The number of nitrogens with one attached hydrogen (secondary N) is 1. The Balaban J connectivity index is 2.01. The molecule has 0 aliphatic heterocycles. The van der Waals surface area contributed by atoms with Crippen LogP contribution in [0.2, 0.25) is 0 Å². The predicted molar refractivity (Wildman–Crippen MR) is 80.4 cm³/mol. The van der Waals surface area contributed by atoms with Gasteiger partial charge >= 0.3 is 5.97 Å². The van der Waals surface area contributed by atoms with Gasteiger partial charge in [0.2, 0.25) is 5.91 Å². The van der Waals surface area contributed by atoms with Crippen LogP contribution in [-0.2, 0) is 4.79 Å². The van der Waals surface area contributed by atoms with Gasteiger partial charge in [-0.25, -0.2) is 0 Å². The summed E-state index contributed by atoms with van der Waals surface area (Å²) < 4.78 is 0. The highest BCUT2D eigenvalue weighted by molar-refractivity contribution is 5.97. The third kappa shape index (κ3) is 3.44. The molecule has 1 aliphatic carbocycles. The minimum absolute atomic E-state index is 0.124. The van der Waals surface area contributed by atoms with E-state index in [4.69, 9.17) is 5.73 Å². The van der Waals surface area contributed by atoms with Gasteiger partial charge in [0.05, 0.1) is 5.41 Å². The van der Waals surface area contributed by atoms with E-state index in [0.29, 0.717) is 24.0 Å². The lowest BCUT2D eigenvalue weighted by Crippen LogP contribution is -2.44. The number of hydrogen-bond donors (Lipinski definition) is 3. The molecule has 6 nitrogen and oxygen atoms in total. The van der Waals surface area contributed by atoms with Crippen molar-refractivity contribution in [2.45, 2.75) is 32.1 Å². The highest BCUT2D eigenvalue weighted by Crippen LogP contribution is 2.36. The number of rotatable bonds is 5. The van der Waals surface area contributed by atoms with Gasteiger partial charge in [-0.05, 0) is 37.1 Å². The van der Waals surface area contributed by atoms with E-state index in [0.717, 1.165) is 19.3 Å². The predicted octanol–water partition coefficient (Wildman–Crippen LogP) is 1.55. The number of benzene rings is 1. The zero-order valence-electron chi connectivity index (χ0n) is 12.3. The molecule has 118 valence electrons. The van der Waals surface area contributed by atoms with Crippen LogP contribution in [0.3, 0.4) is 0 Å². The molecule has 1 aromatic carbocycles. The van der Waals surface area contributed by atoms with Crippen molar-refractivity contribution >= 4 is 17.8 Å². The molecule has 0 unspecified atom stereocenters. The number of carboxylic acids is 1. The number of aliphatic carboxylic acids is 1. The Hall–Kier alpha value is -2.37. The van der Waals surface area contributed by atoms with Gasteiger partial charge in [-0.1, -0.05) is 19.3 Å². The van der Waals surface area contributed by atoms with E-state index < -0.39 is 17.3 Å². The topological polar surface area (TPSA) is 109 Å². The molecular weight excluding hydrogens is 284 g/mol. The van der Waals surface area contributed by atoms with E-state index in [1.54, 1.807) is 0 Å². The summed E-state index contributed by atoms with van der Waals surface area (Å²) in [7, 11) is 0. The summed E-state index contributed by atoms with van der Waals surface area (Å²) >= 11 is 0. The fourth-order valence-electron chi connectivity index (χ4n) is 2.83. The molecule has 6 heteroatoms. The number of carbonyl (C=O) groups is 3. The standard InChI is InChI=1S/C16H20N2O4/c17-13(19)11-4-6-12(7-5-11)14(20)18-10-16(15(21)22)8-2-1-3-9-16/h4-7H,1-3,8-10H2,(H2,17,19)(H,18,20)(H,21,22). The Morgan fingerprint density at radius 1 is 1.05 bits per heavy atom. The summed E-state index contributed by atoms with van der Waals surface area (Å²) in [5.74, 6) is -1.75. The maximum atomic E-state index is 12.1. The Bertz CT molecular complexity index is 574. The first-order valence-corrected chi connectivity index (χ1v) is 7.36. The van der Waals surface area contributed by atoms with Gasteiger partial charge in [0, 0.05) is 17.7 Å². The summed E-state index contributed by atoms with van der Waals surface area (Å²) in [6, 6.07) is 5.96. The molecule has 22 heavy (non-hydrogen) atoms. The average Bonchev–Trinajstić information content (AvgIpc) is 2.53. The van der Waals surface area contributed by atoms with Crippen LogP contribution in [0.5, 0.6) is 0 Å². The third-order valence-corrected chi connectivity index (χ3v) is 4.28. The van der Waals surface area contributed by atoms with Crippen LogP contribution in [0.1, 0.15) is 52.8 Å². The lowest BCUT2D eigenvalue weighted by molar-refractivity contribution is -0.150. The zero-order chi connectivity index (χ0) is 16.2. The molecule has 2 amide bonds. The highest BCUT2D eigenvalue weighted by Gasteiger charge is 2.39. The van der Waals surface area contributed by atoms with E-state index in [2.05, 4.69) is 5.32 Å². The van der Waals surface area contributed by atoms with E-state index >= 15 is 0 Å². The van der Waals surface area contributed by atoms with Crippen molar-refractivity contribution in [3.63, 3.8) is 0 Å². The highest BCUT2D eigenvalue weighted by atomic mass is 16.4. The van der Waals surface area contributed by atoms with Gasteiger partial charge in [0.1, 0.15) is 0 Å². The van der Waals surface area contributed by atoms with Crippen LogP contribution in [0, 0.1) is 5.41 Å². The first-order chi connectivity index (χ1) is 10.4. The number of amides is 2. The van der Waals surface area contributed by atoms with Gasteiger partial charge in [-0.3, -0.25) is 14.4 Å². The summed E-state index contributed by atoms with van der Waals surface area (Å²) in [6.45, 7) is 0.124. The first kappa shape index (κ1) is 16.0. The Kier molecular flexibility index (Phi) is 4.80. The van der Waals surface area contributed by atoms with Crippen LogP contribution in [-0.4, -0.2) is 29.4 Å². The van der Waals surface area contributed by atoms with Crippen molar-refractivity contribution in [1.82, 2.24) is 5.32 Å². The first-order valence-electron chi connectivity index (χ1n) is 7.36. The Morgan fingerprint density at radius 3 is 2.09 bits per heavy atom. The van der Waals surface area contributed by atoms with Crippen LogP contribution in [0.4, 0.5) is 0 Å². The maximum absolute atomic E-state index is 12.1. The van der Waals surface area contributed by atoms with E-state index in [1.807, 2.05) is 0 Å². The minimum Gasteiger partial charge on any atom is -0.481 e. The quantitative estimate of drug-likeness (QED) is 0.766. The molecule has 0 spiro atoms. The molecule has 1 aromatic rings. The smallest absolute Gasteiger partial charge is 0.311 e. The number of nitrogens with two attached hydrogens (primary N) is 1. The van der Waals surface area contributed by atoms with Crippen molar-refractivity contribution in [2.75, 3.05) is 6.54 Å². The van der Waals surface area contributed by atoms with Gasteiger partial charge < -0.3 is 16.2 Å². The normalized spacial score (nSPS) is 16.7. The van der Waals surface area contributed by atoms with Gasteiger partial charge in [0.15, 0.2) is 0 Å². The third-order valence-electron chi connectivity index (χ3n) is 4.28. The fraction of sp³-hybridized carbons (Fsp3) is 0.438. The van der Waals surface area contributed by atoms with Crippen LogP contribution in [0.25, 0.3) is 0 Å². The molecule has 0 aromatic heterocycles. The molecule has 0 heterocycles. The number of hydrogen-bond acceptors (Lipinski definition) is 3. The molecule has 1 saturated carbocycles. The molecule has 0 saturated heterocycles. The van der Waals surface area contributed by atoms with Gasteiger partial charge in [-0.2, -0.15) is 0 Å².